The van der Waals surface area contributed by atoms with Crippen molar-refractivity contribution in [2.45, 2.75) is 19.4 Å². The third-order valence-electron chi connectivity index (χ3n) is 5.41. The molecule has 2 aromatic rings. The van der Waals surface area contributed by atoms with Crippen molar-refractivity contribution < 1.29 is 28.9 Å². The summed E-state index contributed by atoms with van der Waals surface area (Å²) in [6, 6.07) is 11.6. The molecule has 0 saturated carbocycles. The van der Waals surface area contributed by atoms with Gasteiger partial charge >= 0.3 is 0 Å². The standard InChI is InChI=1S/C24H27NO6/c1-15-14-18(31-4)10-11-19(15)22(26)20-21(16-6-8-17(30-3)9-7-16)25(12-5-13-29-2)24(28)23(20)27/h6-11,14,21,26H,5,12-13H2,1-4H3/b22-20-. The molecule has 2 aromatic carbocycles. The summed E-state index contributed by atoms with van der Waals surface area (Å²) in [5.41, 5.74) is 2.00. The zero-order valence-electron chi connectivity index (χ0n) is 18.2. The molecular weight excluding hydrogens is 398 g/mol. The van der Waals surface area contributed by atoms with Gasteiger partial charge in [-0.25, -0.2) is 0 Å². The van der Waals surface area contributed by atoms with E-state index in [1.165, 1.54) is 4.90 Å². The summed E-state index contributed by atoms with van der Waals surface area (Å²) < 4.78 is 15.6. The molecule has 1 aliphatic rings. The molecule has 1 fully saturated rings. The van der Waals surface area contributed by atoms with Crippen LogP contribution in [0, 0.1) is 6.92 Å². The highest BCUT2D eigenvalue weighted by Gasteiger charge is 2.45. The number of carbonyl (C=O) groups excluding carboxylic acids is 2. The number of methoxy groups -OCH3 is 3. The lowest BCUT2D eigenvalue weighted by Gasteiger charge is -2.25. The quantitative estimate of drug-likeness (QED) is 0.302. The second kappa shape index (κ2) is 9.66. The molecule has 0 aromatic heterocycles. The number of aliphatic hydroxyl groups excluding tert-OH is 1. The molecular formula is C24H27NO6. The second-order valence-electron chi connectivity index (χ2n) is 7.29. The van der Waals surface area contributed by atoms with Crippen LogP contribution in [0.4, 0.5) is 0 Å². The Bertz CT molecular complexity index is 996. The van der Waals surface area contributed by atoms with Crippen molar-refractivity contribution >= 4 is 17.4 Å². The molecule has 31 heavy (non-hydrogen) atoms. The minimum absolute atomic E-state index is 0.0702. The highest BCUT2D eigenvalue weighted by molar-refractivity contribution is 6.46. The Hall–Kier alpha value is -3.32. The van der Waals surface area contributed by atoms with Crippen LogP contribution in [-0.4, -0.2) is 56.2 Å². The summed E-state index contributed by atoms with van der Waals surface area (Å²) in [4.78, 5) is 27.4. The molecule has 1 aliphatic heterocycles. The van der Waals surface area contributed by atoms with Gasteiger partial charge in [0, 0.05) is 25.8 Å². The van der Waals surface area contributed by atoms with Gasteiger partial charge in [-0.2, -0.15) is 0 Å². The van der Waals surface area contributed by atoms with E-state index in [0.717, 1.165) is 5.56 Å². The summed E-state index contributed by atoms with van der Waals surface area (Å²) in [6.07, 6.45) is 0.567. The van der Waals surface area contributed by atoms with E-state index >= 15 is 0 Å². The van der Waals surface area contributed by atoms with Crippen molar-refractivity contribution in [2.24, 2.45) is 0 Å². The smallest absolute Gasteiger partial charge is 0.295 e. The lowest BCUT2D eigenvalue weighted by atomic mass is 9.94. The Morgan fingerprint density at radius 1 is 1.00 bits per heavy atom. The van der Waals surface area contributed by atoms with E-state index in [0.29, 0.717) is 42.2 Å². The highest BCUT2D eigenvalue weighted by Crippen LogP contribution is 2.40. The number of hydrogen-bond acceptors (Lipinski definition) is 6. The van der Waals surface area contributed by atoms with Crippen molar-refractivity contribution in [3.05, 3.63) is 64.7 Å². The summed E-state index contributed by atoms with van der Waals surface area (Å²) in [5.74, 6) is -0.240. The van der Waals surface area contributed by atoms with Gasteiger partial charge in [0.25, 0.3) is 11.7 Å². The molecule has 1 unspecified atom stereocenters. The van der Waals surface area contributed by atoms with Gasteiger partial charge in [0.2, 0.25) is 0 Å². The number of amides is 1. The third-order valence-corrected chi connectivity index (χ3v) is 5.41. The predicted molar refractivity (Wildman–Crippen MR) is 116 cm³/mol. The molecule has 0 bridgehead atoms. The van der Waals surface area contributed by atoms with Crippen LogP contribution in [0.15, 0.2) is 48.0 Å². The van der Waals surface area contributed by atoms with Crippen LogP contribution >= 0.6 is 0 Å². The topological polar surface area (TPSA) is 85.3 Å². The molecule has 1 saturated heterocycles. The van der Waals surface area contributed by atoms with Gasteiger partial charge in [-0.05, 0) is 54.8 Å². The molecule has 1 atom stereocenters. The maximum atomic E-state index is 13.0. The van der Waals surface area contributed by atoms with E-state index in [-0.39, 0.29) is 11.3 Å². The number of carbonyl (C=O) groups is 2. The average molecular weight is 425 g/mol. The van der Waals surface area contributed by atoms with E-state index in [1.807, 2.05) is 6.92 Å². The van der Waals surface area contributed by atoms with Gasteiger partial charge in [0.15, 0.2) is 0 Å². The average Bonchev–Trinajstić information content (AvgIpc) is 3.03. The lowest BCUT2D eigenvalue weighted by molar-refractivity contribution is -0.140. The van der Waals surface area contributed by atoms with Crippen LogP contribution in [0.1, 0.15) is 29.2 Å². The van der Waals surface area contributed by atoms with Gasteiger partial charge < -0.3 is 24.2 Å². The zero-order chi connectivity index (χ0) is 22.5. The highest BCUT2D eigenvalue weighted by atomic mass is 16.5. The second-order valence-corrected chi connectivity index (χ2v) is 7.29. The van der Waals surface area contributed by atoms with Crippen LogP contribution in [0.2, 0.25) is 0 Å². The van der Waals surface area contributed by atoms with Crippen molar-refractivity contribution in [3.63, 3.8) is 0 Å². The molecule has 0 radical (unpaired) electrons. The first kappa shape index (κ1) is 22.4. The maximum Gasteiger partial charge on any atom is 0.295 e. The first-order valence-electron chi connectivity index (χ1n) is 9.99. The molecule has 164 valence electrons. The number of likely N-dealkylation sites (tertiary alicyclic amines) is 1. The Kier molecular flexibility index (Phi) is 6.97. The van der Waals surface area contributed by atoms with Crippen molar-refractivity contribution in [1.82, 2.24) is 4.90 Å². The molecule has 0 aliphatic carbocycles. The molecule has 0 spiro atoms. The van der Waals surface area contributed by atoms with Crippen LogP contribution in [-0.2, 0) is 14.3 Å². The first-order chi connectivity index (χ1) is 14.9. The molecule has 1 heterocycles. The normalized spacial score (nSPS) is 17.8. The van der Waals surface area contributed by atoms with Crippen molar-refractivity contribution in [2.75, 3.05) is 34.5 Å². The Labute approximate surface area is 181 Å². The third kappa shape index (κ3) is 4.41. The fourth-order valence-corrected chi connectivity index (χ4v) is 3.80. The van der Waals surface area contributed by atoms with Crippen LogP contribution in [0.25, 0.3) is 5.76 Å². The monoisotopic (exact) mass is 425 g/mol. The van der Waals surface area contributed by atoms with Gasteiger partial charge in [-0.1, -0.05) is 12.1 Å². The number of Topliss-reactive ketones (excluding diaryl/α,β-unsaturated/α-hetero) is 1. The van der Waals surface area contributed by atoms with Crippen LogP contribution in [0.3, 0.4) is 0 Å². The Balaban J connectivity index is 2.13. The number of ether oxygens (including phenoxy) is 3. The zero-order valence-corrected chi connectivity index (χ0v) is 18.2. The molecule has 7 heteroatoms. The fraction of sp³-hybridized carbons (Fsp3) is 0.333. The number of benzene rings is 2. The van der Waals surface area contributed by atoms with Gasteiger partial charge in [-0.15, -0.1) is 0 Å². The largest absolute Gasteiger partial charge is 0.507 e. The summed E-state index contributed by atoms with van der Waals surface area (Å²) in [5, 5.41) is 11.2. The van der Waals surface area contributed by atoms with Crippen LogP contribution < -0.4 is 9.47 Å². The minimum atomic E-state index is -0.704. The van der Waals surface area contributed by atoms with Crippen molar-refractivity contribution in [1.29, 1.82) is 0 Å². The van der Waals surface area contributed by atoms with Gasteiger partial charge in [0.05, 0.1) is 25.8 Å². The van der Waals surface area contributed by atoms with E-state index in [1.54, 1.807) is 63.8 Å². The number of hydrogen-bond donors (Lipinski definition) is 1. The number of aryl methyl sites for hydroxylation is 1. The molecule has 7 nitrogen and oxygen atoms in total. The number of nitrogens with zero attached hydrogens (tertiary/aromatic N) is 1. The first-order valence-corrected chi connectivity index (χ1v) is 9.99. The van der Waals surface area contributed by atoms with E-state index in [9.17, 15) is 14.7 Å². The Morgan fingerprint density at radius 2 is 1.65 bits per heavy atom. The number of aliphatic hydroxyl groups is 1. The summed E-state index contributed by atoms with van der Waals surface area (Å²) >= 11 is 0. The summed E-state index contributed by atoms with van der Waals surface area (Å²) in [6.45, 7) is 2.60. The maximum absolute atomic E-state index is 13.0. The molecule has 1 N–H and O–H groups in total. The fourth-order valence-electron chi connectivity index (χ4n) is 3.80. The lowest BCUT2D eigenvalue weighted by Crippen LogP contribution is -2.31. The van der Waals surface area contributed by atoms with Gasteiger partial charge in [-0.3, -0.25) is 9.59 Å². The number of ketones is 1. The molecule has 1 amide bonds. The molecule has 3 rings (SSSR count). The van der Waals surface area contributed by atoms with Gasteiger partial charge in [0.1, 0.15) is 17.3 Å². The van der Waals surface area contributed by atoms with E-state index in [2.05, 4.69) is 0 Å². The number of rotatable bonds is 8. The van der Waals surface area contributed by atoms with Crippen molar-refractivity contribution in [3.8, 4) is 11.5 Å². The minimum Gasteiger partial charge on any atom is -0.507 e. The van der Waals surface area contributed by atoms with Crippen LogP contribution in [0.5, 0.6) is 11.5 Å². The Morgan fingerprint density at radius 3 is 2.23 bits per heavy atom. The summed E-state index contributed by atoms with van der Waals surface area (Å²) in [7, 11) is 4.71. The predicted octanol–water partition coefficient (Wildman–Crippen LogP) is 3.47. The van der Waals surface area contributed by atoms with E-state index in [4.69, 9.17) is 14.2 Å². The SMILES string of the molecule is COCCCN1C(=O)C(=O)/C(=C(\O)c2ccc(OC)cc2C)C1c1ccc(OC)cc1. The van der Waals surface area contributed by atoms with E-state index < -0.39 is 17.7 Å².